The van der Waals surface area contributed by atoms with Gasteiger partial charge in [-0.15, -0.1) is 0 Å². The molecule has 0 aromatic heterocycles. The molecule has 2 N–H and O–H groups in total. The Balaban J connectivity index is 1.76. The van der Waals surface area contributed by atoms with Crippen molar-refractivity contribution in [1.29, 1.82) is 0 Å². The fraction of sp³-hybridized carbons (Fsp3) is 0.571. The summed E-state index contributed by atoms with van der Waals surface area (Å²) in [5.41, 5.74) is 1.14. The standard InChI is InChI=1S/C14H22N2O3S/c1-11(2)15-7-8-20(17,18)16-10-13-9-12-5-3-4-6-14(12)19-13/h3-6,11,13,15-16H,7-10H2,1-2H3. The van der Waals surface area contributed by atoms with Gasteiger partial charge in [-0.25, -0.2) is 13.1 Å². The van der Waals surface area contributed by atoms with Gasteiger partial charge in [-0.1, -0.05) is 32.0 Å². The van der Waals surface area contributed by atoms with Crippen LogP contribution in [0.5, 0.6) is 5.75 Å². The maximum absolute atomic E-state index is 11.8. The van der Waals surface area contributed by atoms with Crippen LogP contribution in [0.1, 0.15) is 19.4 Å². The summed E-state index contributed by atoms with van der Waals surface area (Å²) in [5.74, 6) is 0.948. The van der Waals surface area contributed by atoms with Gasteiger partial charge in [0.25, 0.3) is 0 Å². The minimum atomic E-state index is -3.24. The Morgan fingerprint density at radius 1 is 1.35 bits per heavy atom. The number of hydrogen-bond donors (Lipinski definition) is 2. The van der Waals surface area contributed by atoms with Crippen LogP contribution in [-0.4, -0.2) is 39.4 Å². The molecule has 1 heterocycles. The molecule has 1 atom stereocenters. The van der Waals surface area contributed by atoms with Crippen LogP contribution in [0.15, 0.2) is 24.3 Å². The molecule has 5 nitrogen and oxygen atoms in total. The zero-order valence-corrected chi connectivity index (χ0v) is 12.7. The van der Waals surface area contributed by atoms with Crippen molar-refractivity contribution >= 4 is 10.0 Å². The summed E-state index contributed by atoms with van der Waals surface area (Å²) in [6.07, 6.45) is 0.642. The van der Waals surface area contributed by atoms with Crippen LogP contribution in [0.3, 0.4) is 0 Å². The van der Waals surface area contributed by atoms with Crippen molar-refractivity contribution in [3.05, 3.63) is 29.8 Å². The van der Waals surface area contributed by atoms with Gasteiger partial charge in [-0.3, -0.25) is 0 Å². The van der Waals surface area contributed by atoms with Crippen molar-refractivity contribution in [3.8, 4) is 5.75 Å². The van der Waals surface area contributed by atoms with E-state index in [4.69, 9.17) is 4.74 Å². The van der Waals surface area contributed by atoms with Gasteiger partial charge in [0, 0.05) is 25.6 Å². The molecular formula is C14H22N2O3S. The second-order valence-corrected chi connectivity index (χ2v) is 7.25. The zero-order chi connectivity index (χ0) is 14.6. The lowest BCUT2D eigenvalue weighted by Gasteiger charge is -2.13. The molecule has 1 aliphatic heterocycles. The van der Waals surface area contributed by atoms with E-state index >= 15 is 0 Å². The maximum Gasteiger partial charge on any atom is 0.212 e. The minimum absolute atomic E-state index is 0.0881. The summed E-state index contributed by atoms with van der Waals surface area (Å²) >= 11 is 0. The Morgan fingerprint density at radius 2 is 2.10 bits per heavy atom. The number of hydrogen-bond acceptors (Lipinski definition) is 4. The largest absolute Gasteiger partial charge is 0.488 e. The van der Waals surface area contributed by atoms with Crippen molar-refractivity contribution in [2.24, 2.45) is 0 Å². The molecule has 0 saturated heterocycles. The molecule has 0 aliphatic carbocycles. The number of rotatable bonds is 7. The van der Waals surface area contributed by atoms with Gasteiger partial charge in [-0.2, -0.15) is 0 Å². The number of ether oxygens (including phenoxy) is 1. The van der Waals surface area contributed by atoms with Crippen molar-refractivity contribution in [1.82, 2.24) is 10.0 Å². The van der Waals surface area contributed by atoms with Crippen LogP contribution in [-0.2, 0) is 16.4 Å². The third-order valence-corrected chi connectivity index (χ3v) is 4.52. The highest BCUT2D eigenvalue weighted by atomic mass is 32.2. The van der Waals surface area contributed by atoms with Gasteiger partial charge in [-0.05, 0) is 11.6 Å². The Morgan fingerprint density at radius 3 is 2.80 bits per heavy atom. The van der Waals surface area contributed by atoms with E-state index in [1.165, 1.54) is 0 Å². The van der Waals surface area contributed by atoms with Crippen molar-refractivity contribution in [3.63, 3.8) is 0 Å². The molecule has 1 unspecified atom stereocenters. The first-order chi connectivity index (χ1) is 9.46. The van der Waals surface area contributed by atoms with E-state index in [-0.39, 0.29) is 17.9 Å². The van der Waals surface area contributed by atoms with E-state index in [1.54, 1.807) is 0 Å². The fourth-order valence-corrected chi connectivity index (χ4v) is 3.11. The summed E-state index contributed by atoms with van der Waals surface area (Å²) in [4.78, 5) is 0. The first-order valence-corrected chi connectivity index (χ1v) is 8.57. The predicted octanol–water partition coefficient (Wildman–Crippen LogP) is 0.908. The van der Waals surface area contributed by atoms with Gasteiger partial charge >= 0.3 is 0 Å². The number of sulfonamides is 1. The molecule has 1 aromatic carbocycles. The molecule has 1 aliphatic rings. The molecular weight excluding hydrogens is 276 g/mol. The van der Waals surface area contributed by atoms with Crippen LogP contribution in [0.2, 0.25) is 0 Å². The molecule has 20 heavy (non-hydrogen) atoms. The second kappa shape index (κ2) is 6.56. The maximum atomic E-state index is 11.8. The molecule has 0 fully saturated rings. The SMILES string of the molecule is CC(C)NCCS(=O)(=O)NCC1Cc2ccccc2O1. The quantitative estimate of drug-likeness (QED) is 0.785. The number of benzene rings is 1. The summed E-state index contributed by atoms with van der Waals surface area (Å²) in [5, 5.41) is 3.09. The molecule has 0 saturated carbocycles. The van der Waals surface area contributed by atoms with Gasteiger partial charge in [0.2, 0.25) is 10.0 Å². The summed E-state index contributed by atoms with van der Waals surface area (Å²) in [6.45, 7) is 4.75. The summed E-state index contributed by atoms with van der Waals surface area (Å²) in [6, 6.07) is 8.10. The third-order valence-electron chi connectivity index (χ3n) is 3.17. The Labute approximate surface area is 120 Å². The van der Waals surface area contributed by atoms with Gasteiger partial charge in [0.1, 0.15) is 11.9 Å². The van der Waals surface area contributed by atoms with Crippen LogP contribution in [0, 0.1) is 0 Å². The van der Waals surface area contributed by atoms with Gasteiger partial charge in [0.15, 0.2) is 0 Å². The highest BCUT2D eigenvalue weighted by Gasteiger charge is 2.23. The second-order valence-electron chi connectivity index (χ2n) is 5.33. The lowest BCUT2D eigenvalue weighted by atomic mass is 10.1. The Kier molecular flexibility index (Phi) is 5.01. The zero-order valence-electron chi connectivity index (χ0n) is 11.9. The first kappa shape index (κ1) is 15.3. The van der Waals surface area contributed by atoms with E-state index in [0.29, 0.717) is 13.1 Å². The van der Waals surface area contributed by atoms with Crippen LogP contribution in [0.4, 0.5) is 0 Å². The lowest BCUT2D eigenvalue weighted by Crippen LogP contribution is -2.39. The third kappa shape index (κ3) is 4.47. The van der Waals surface area contributed by atoms with E-state index < -0.39 is 10.0 Å². The summed E-state index contributed by atoms with van der Waals surface area (Å²) in [7, 11) is -3.24. The van der Waals surface area contributed by atoms with Crippen molar-refractivity contribution < 1.29 is 13.2 Å². The average molecular weight is 298 g/mol. The molecule has 0 spiro atoms. The highest BCUT2D eigenvalue weighted by molar-refractivity contribution is 7.89. The van der Waals surface area contributed by atoms with E-state index in [1.807, 2.05) is 38.1 Å². The lowest BCUT2D eigenvalue weighted by molar-refractivity contribution is 0.236. The van der Waals surface area contributed by atoms with E-state index in [9.17, 15) is 8.42 Å². The molecule has 6 heteroatoms. The fourth-order valence-electron chi connectivity index (χ4n) is 2.14. The van der Waals surface area contributed by atoms with Gasteiger partial charge in [0.05, 0.1) is 5.75 Å². The topological polar surface area (TPSA) is 67.4 Å². The minimum Gasteiger partial charge on any atom is -0.488 e. The summed E-state index contributed by atoms with van der Waals surface area (Å²) < 4.78 is 32.0. The average Bonchev–Trinajstić information content (AvgIpc) is 2.78. The number of fused-ring (bicyclic) bond motifs is 1. The van der Waals surface area contributed by atoms with E-state index in [0.717, 1.165) is 17.7 Å². The van der Waals surface area contributed by atoms with Crippen molar-refractivity contribution in [2.45, 2.75) is 32.4 Å². The molecule has 0 bridgehead atoms. The highest BCUT2D eigenvalue weighted by Crippen LogP contribution is 2.27. The van der Waals surface area contributed by atoms with Crippen LogP contribution < -0.4 is 14.8 Å². The Hall–Kier alpha value is -1.11. The van der Waals surface area contributed by atoms with Crippen molar-refractivity contribution in [2.75, 3.05) is 18.8 Å². The molecule has 0 radical (unpaired) electrons. The normalized spacial score (nSPS) is 18.1. The molecule has 1 aromatic rings. The monoisotopic (exact) mass is 298 g/mol. The first-order valence-electron chi connectivity index (χ1n) is 6.91. The predicted molar refractivity (Wildman–Crippen MR) is 79.5 cm³/mol. The molecule has 0 amide bonds. The van der Waals surface area contributed by atoms with Crippen LogP contribution in [0.25, 0.3) is 0 Å². The molecule has 2 rings (SSSR count). The molecule has 112 valence electrons. The van der Waals surface area contributed by atoms with Crippen LogP contribution >= 0.6 is 0 Å². The van der Waals surface area contributed by atoms with Gasteiger partial charge < -0.3 is 10.1 Å². The number of nitrogens with one attached hydrogen (secondary N) is 2. The number of para-hydroxylation sites is 1. The Bertz CT molecular complexity index is 518. The smallest absolute Gasteiger partial charge is 0.212 e. The van der Waals surface area contributed by atoms with E-state index in [2.05, 4.69) is 10.0 Å².